The van der Waals surface area contributed by atoms with E-state index in [0.717, 1.165) is 141 Å². The highest BCUT2D eigenvalue weighted by atomic mass is 16.6. The number of carbonyl (C=O) groups excluding carboxylic acids is 3. The Bertz CT molecular complexity index is 1600. The van der Waals surface area contributed by atoms with Gasteiger partial charge in [-0.1, -0.05) is 284 Å². The monoisotopic (exact) mass is 1070 g/mol. The number of hydrogen-bond donors (Lipinski definition) is 0. The Morgan fingerprint density at radius 3 is 0.792 bits per heavy atom. The molecular formula is C71H118O6. The van der Waals surface area contributed by atoms with Gasteiger partial charge < -0.3 is 14.2 Å². The Kier molecular flexibility index (Phi) is 60.8. The van der Waals surface area contributed by atoms with Crippen LogP contribution in [0, 0.1) is 0 Å². The van der Waals surface area contributed by atoms with Gasteiger partial charge >= 0.3 is 17.9 Å². The van der Waals surface area contributed by atoms with E-state index in [-0.39, 0.29) is 31.1 Å². The molecule has 6 nitrogen and oxygen atoms in total. The highest BCUT2D eigenvalue weighted by Crippen LogP contribution is 2.16. The third kappa shape index (κ3) is 62.5. The maximum absolute atomic E-state index is 12.8. The Labute approximate surface area is 475 Å². The number of esters is 3. The van der Waals surface area contributed by atoms with Crippen molar-refractivity contribution in [2.45, 2.75) is 297 Å². The lowest BCUT2D eigenvalue weighted by molar-refractivity contribution is -0.167. The number of rotatable bonds is 57. The van der Waals surface area contributed by atoms with Crippen LogP contribution >= 0.6 is 0 Å². The molecule has 0 N–H and O–H groups in total. The predicted octanol–water partition coefficient (Wildman–Crippen LogP) is 22.0. The van der Waals surface area contributed by atoms with Gasteiger partial charge in [0.2, 0.25) is 0 Å². The second-order valence-corrected chi connectivity index (χ2v) is 20.9. The maximum Gasteiger partial charge on any atom is 0.306 e. The minimum atomic E-state index is -0.783. The van der Waals surface area contributed by atoms with Crippen molar-refractivity contribution in [2.24, 2.45) is 0 Å². The van der Waals surface area contributed by atoms with Crippen molar-refractivity contribution >= 4 is 17.9 Å². The number of carbonyl (C=O) groups is 3. The number of hydrogen-bond acceptors (Lipinski definition) is 6. The molecule has 77 heavy (non-hydrogen) atoms. The van der Waals surface area contributed by atoms with Gasteiger partial charge in [0.1, 0.15) is 13.2 Å². The zero-order chi connectivity index (χ0) is 55.7. The molecule has 0 aromatic carbocycles. The topological polar surface area (TPSA) is 78.9 Å². The molecule has 0 radical (unpaired) electrons. The molecule has 0 aliphatic rings. The van der Waals surface area contributed by atoms with Crippen LogP contribution in [-0.2, 0) is 28.6 Å². The van der Waals surface area contributed by atoms with Crippen LogP contribution in [0.3, 0.4) is 0 Å². The number of ether oxygens (including phenoxy) is 3. The van der Waals surface area contributed by atoms with Crippen molar-refractivity contribution in [3.63, 3.8) is 0 Å². The Balaban J connectivity index is 3.99. The summed E-state index contributed by atoms with van der Waals surface area (Å²) in [7, 11) is 0. The number of unbranched alkanes of at least 4 members (excludes halogenated alkanes) is 26. The molecule has 6 heteroatoms. The van der Waals surface area contributed by atoms with Crippen LogP contribution in [-0.4, -0.2) is 37.2 Å². The van der Waals surface area contributed by atoms with E-state index in [1.165, 1.54) is 109 Å². The molecule has 0 heterocycles. The van der Waals surface area contributed by atoms with E-state index in [0.29, 0.717) is 19.3 Å². The van der Waals surface area contributed by atoms with Gasteiger partial charge in [-0.05, 0) is 109 Å². The number of allylic oxidation sites excluding steroid dienone is 20. The first-order valence-electron chi connectivity index (χ1n) is 32.0. The molecule has 0 aliphatic carbocycles. The predicted molar refractivity (Wildman–Crippen MR) is 334 cm³/mol. The van der Waals surface area contributed by atoms with Crippen molar-refractivity contribution in [1.82, 2.24) is 0 Å². The quantitative estimate of drug-likeness (QED) is 0.0261. The standard InChI is InChI=1S/C71H118O6/c1-4-7-10-13-15-17-19-21-23-25-27-28-29-30-31-32-33-34-35-36-37-38-39-40-41-42-44-45-47-49-51-53-55-58-61-64-70(73)76-67-68(66-75-69(72)63-60-57-12-9-6-3)77-71(74)65-62-59-56-54-52-50-48-46-43-26-24-22-20-18-16-14-11-8-5-2/h7-8,10-11,15-18,21-24,27-28,30-31,33-34,43,46,68H,4-6,9,12-14,19-20,25-26,29,32,35-42,44-45,47-67H2,1-3H3/b10-7-,11-8-,17-15-,18-16-,23-21-,24-22-,28-27-,31-30-,34-33-,46-43-. The van der Waals surface area contributed by atoms with Gasteiger partial charge in [-0.25, -0.2) is 0 Å². The van der Waals surface area contributed by atoms with Crippen molar-refractivity contribution < 1.29 is 28.6 Å². The van der Waals surface area contributed by atoms with Crippen LogP contribution in [0.25, 0.3) is 0 Å². The fourth-order valence-corrected chi connectivity index (χ4v) is 8.73. The van der Waals surface area contributed by atoms with E-state index in [9.17, 15) is 14.4 Å². The molecule has 438 valence electrons. The van der Waals surface area contributed by atoms with Crippen molar-refractivity contribution in [3.8, 4) is 0 Å². The van der Waals surface area contributed by atoms with E-state index >= 15 is 0 Å². The summed E-state index contributed by atoms with van der Waals surface area (Å²) < 4.78 is 16.7. The lowest BCUT2D eigenvalue weighted by Crippen LogP contribution is -2.30. The first-order chi connectivity index (χ1) is 38.0. The molecule has 0 aromatic rings. The van der Waals surface area contributed by atoms with E-state index in [4.69, 9.17) is 14.2 Å². The minimum absolute atomic E-state index is 0.0834. The third-order valence-corrected chi connectivity index (χ3v) is 13.5. The van der Waals surface area contributed by atoms with Crippen LogP contribution in [0.15, 0.2) is 122 Å². The summed E-state index contributed by atoms with van der Waals surface area (Å²) in [6, 6.07) is 0. The largest absolute Gasteiger partial charge is 0.462 e. The van der Waals surface area contributed by atoms with Gasteiger partial charge in [0, 0.05) is 19.3 Å². The molecule has 0 aliphatic heterocycles. The van der Waals surface area contributed by atoms with E-state index in [1.807, 2.05) is 0 Å². The molecule has 0 aromatic heterocycles. The van der Waals surface area contributed by atoms with Crippen LogP contribution in [0.2, 0.25) is 0 Å². The molecule has 1 atom stereocenters. The molecule has 0 spiro atoms. The Hall–Kier alpha value is -4.19. The van der Waals surface area contributed by atoms with Crippen LogP contribution < -0.4 is 0 Å². The summed E-state index contributed by atoms with van der Waals surface area (Å²) in [5.41, 5.74) is 0. The Morgan fingerprint density at radius 1 is 0.273 bits per heavy atom. The Morgan fingerprint density at radius 2 is 0.506 bits per heavy atom. The maximum atomic E-state index is 12.8. The zero-order valence-electron chi connectivity index (χ0n) is 50.2. The van der Waals surface area contributed by atoms with Gasteiger partial charge in [0.05, 0.1) is 0 Å². The average molecular weight is 1070 g/mol. The molecule has 0 fully saturated rings. The first kappa shape index (κ1) is 72.8. The van der Waals surface area contributed by atoms with E-state index in [2.05, 4.69) is 142 Å². The fraction of sp³-hybridized carbons (Fsp3) is 0.676. The van der Waals surface area contributed by atoms with E-state index < -0.39 is 6.10 Å². The van der Waals surface area contributed by atoms with Crippen molar-refractivity contribution in [1.29, 1.82) is 0 Å². The lowest BCUT2D eigenvalue weighted by Gasteiger charge is -2.18. The molecule has 0 saturated heterocycles. The highest BCUT2D eigenvalue weighted by Gasteiger charge is 2.19. The van der Waals surface area contributed by atoms with Gasteiger partial charge in [-0.2, -0.15) is 0 Å². The molecule has 0 rings (SSSR count). The van der Waals surface area contributed by atoms with Gasteiger partial charge in [0.15, 0.2) is 6.10 Å². The molecule has 1 unspecified atom stereocenters. The summed E-state index contributed by atoms with van der Waals surface area (Å²) in [6.07, 6.45) is 89.8. The van der Waals surface area contributed by atoms with E-state index in [1.54, 1.807) is 0 Å². The normalized spacial score (nSPS) is 12.9. The molecule has 0 bridgehead atoms. The summed E-state index contributed by atoms with van der Waals surface area (Å²) in [5, 5.41) is 0. The minimum Gasteiger partial charge on any atom is -0.462 e. The second-order valence-electron chi connectivity index (χ2n) is 20.9. The fourth-order valence-electron chi connectivity index (χ4n) is 8.73. The summed E-state index contributed by atoms with van der Waals surface area (Å²) in [6.45, 7) is 6.33. The first-order valence-corrected chi connectivity index (χ1v) is 32.0. The van der Waals surface area contributed by atoms with Crippen LogP contribution in [0.4, 0.5) is 0 Å². The summed E-state index contributed by atoms with van der Waals surface area (Å²) in [5.74, 6) is -0.907. The van der Waals surface area contributed by atoms with Crippen LogP contribution in [0.1, 0.15) is 290 Å². The van der Waals surface area contributed by atoms with Gasteiger partial charge in [-0.3, -0.25) is 14.4 Å². The second kappa shape index (κ2) is 64.3. The SMILES string of the molecule is CC/C=C\C/C=C\C/C=C\C/C=C\C/C=C\C/C=C\CCCCCCCCCCCCCCCCCCC(=O)OCC(COC(=O)CCCCCCC)OC(=O)CCCCCCCC/C=C\C/C=C\C/C=C\C/C=C\CC. The highest BCUT2D eigenvalue weighted by molar-refractivity contribution is 5.71. The van der Waals surface area contributed by atoms with Crippen molar-refractivity contribution in [2.75, 3.05) is 13.2 Å². The summed E-state index contributed by atoms with van der Waals surface area (Å²) in [4.78, 5) is 37.9. The molecular weight excluding hydrogens is 949 g/mol. The molecule has 0 amide bonds. The van der Waals surface area contributed by atoms with Crippen molar-refractivity contribution in [3.05, 3.63) is 122 Å². The summed E-state index contributed by atoms with van der Waals surface area (Å²) >= 11 is 0. The third-order valence-electron chi connectivity index (χ3n) is 13.5. The zero-order valence-corrected chi connectivity index (χ0v) is 50.2. The van der Waals surface area contributed by atoms with Gasteiger partial charge in [0.25, 0.3) is 0 Å². The van der Waals surface area contributed by atoms with Gasteiger partial charge in [-0.15, -0.1) is 0 Å². The average Bonchev–Trinajstić information content (AvgIpc) is 3.43. The smallest absolute Gasteiger partial charge is 0.306 e. The molecule has 0 saturated carbocycles. The van der Waals surface area contributed by atoms with Crippen LogP contribution in [0.5, 0.6) is 0 Å². The lowest BCUT2D eigenvalue weighted by atomic mass is 10.0.